The van der Waals surface area contributed by atoms with Gasteiger partial charge in [0.05, 0.1) is 29.8 Å². The van der Waals surface area contributed by atoms with E-state index in [2.05, 4.69) is 31.1 Å². The van der Waals surface area contributed by atoms with Gasteiger partial charge in [-0.05, 0) is 57.1 Å². The van der Waals surface area contributed by atoms with Crippen molar-refractivity contribution < 1.29 is 4.79 Å². The van der Waals surface area contributed by atoms with Gasteiger partial charge in [-0.15, -0.1) is 5.10 Å². The molecule has 0 atom stereocenters. The summed E-state index contributed by atoms with van der Waals surface area (Å²) in [6, 6.07) is 7.60. The molecule has 2 N–H and O–H groups in total. The molecule has 9 nitrogen and oxygen atoms in total. The van der Waals surface area contributed by atoms with Gasteiger partial charge in [-0.2, -0.15) is 15.0 Å². The minimum atomic E-state index is -0.257. The molecule has 1 amide bonds. The third-order valence-electron chi connectivity index (χ3n) is 4.57. The molecule has 0 spiro atoms. The summed E-state index contributed by atoms with van der Waals surface area (Å²) in [5, 5.41) is 22.7. The van der Waals surface area contributed by atoms with E-state index < -0.39 is 0 Å². The number of amides is 1. The molecule has 3 aromatic rings. The second-order valence-corrected chi connectivity index (χ2v) is 6.27. The van der Waals surface area contributed by atoms with Gasteiger partial charge in [-0.1, -0.05) is 5.21 Å². The van der Waals surface area contributed by atoms with Crippen LogP contribution in [-0.2, 0) is 0 Å². The number of benzene rings is 1. The van der Waals surface area contributed by atoms with Crippen LogP contribution in [0.3, 0.4) is 0 Å². The van der Waals surface area contributed by atoms with Crippen molar-refractivity contribution in [3.05, 3.63) is 48.0 Å². The van der Waals surface area contributed by atoms with Crippen LogP contribution in [0.15, 0.2) is 36.7 Å². The summed E-state index contributed by atoms with van der Waals surface area (Å²) in [6.07, 6.45) is 5.22. The zero-order valence-electron chi connectivity index (χ0n) is 14.5. The maximum atomic E-state index is 12.6. The second kappa shape index (κ2) is 7.04. The van der Waals surface area contributed by atoms with E-state index in [4.69, 9.17) is 0 Å². The van der Waals surface area contributed by atoms with Crippen LogP contribution in [0.1, 0.15) is 35.1 Å². The lowest BCUT2D eigenvalue weighted by Gasteiger charge is -2.23. The molecule has 0 bridgehead atoms. The van der Waals surface area contributed by atoms with Crippen molar-refractivity contribution in [1.29, 1.82) is 0 Å². The molecule has 1 fully saturated rings. The number of nitrogens with zero attached hydrogens (tertiary/aromatic N) is 6. The Morgan fingerprint density at radius 1 is 1.15 bits per heavy atom. The van der Waals surface area contributed by atoms with Crippen LogP contribution >= 0.6 is 0 Å². The lowest BCUT2D eigenvalue weighted by molar-refractivity contribution is 0.102. The number of rotatable bonds is 4. The van der Waals surface area contributed by atoms with Crippen LogP contribution in [0, 0.1) is 6.92 Å². The molecule has 1 aliphatic rings. The molecule has 3 heterocycles. The Morgan fingerprint density at radius 2 is 1.85 bits per heavy atom. The van der Waals surface area contributed by atoms with Crippen LogP contribution in [0.25, 0.3) is 5.69 Å². The van der Waals surface area contributed by atoms with Gasteiger partial charge in [0, 0.05) is 5.69 Å². The fraction of sp³-hybridized carbons (Fsp3) is 0.353. The number of piperidine rings is 1. The van der Waals surface area contributed by atoms with Crippen LogP contribution < -0.4 is 10.6 Å². The van der Waals surface area contributed by atoms with Crippen molar-refractivity contribution in [2.24, 2.45) is 0 Å². The van der Waals surface area contributed by atoms with Crippen LogP contribution in [0.4, 0.5) is 5.69 Å². The highest BCUT2D eigenvalue weighted by Crippen LogP contribution is 2.21. The van der Waals surface area contributed by atoms with Crippen molar-refractivity contribution in [3.8, 4) is 5.69 Å². The maximum absolute atomic E-state index is 12.6. The highest BCUT2D eigenvalue weighted by Gasteiger charge is 2.22. The molecule has 26 heavy (non-hydrogen) atoms. The molecule has 9 heteroatoms. The van der Waals surface area contributed by atoms with Gasteiger partial charge >= 0.3 is 0 Å². The van der Waals surface area contributed by atoms with E-state index in [1.54, 1.807) is 12.4 Å². The van der Waals surface area contributed by atoms with Crippen molar-refractivity contribution >= 4 is 11.6 Å². The number of hydrogen-bond acceptors (Lipinski definition) is 6. The van der Waals surface area contributed by atoms with Crippen molar-refractivity contribution in [2.45, 2.75) is 25.8 Å². The van der Waals surface area contributed by atoms with E-state index in [1.807, 2.05) is 35.9 Å². The van der Waals surface area contributed by atoms with Gasteiger partial charge in [0.25, 0.3) is 5.91 Å². The number of carbonyl (C=O) groups excluding carboxylic acids is 1. The predicted octanol–water partition coefficient (Wildman–Crippen LogP) is 1.34. The van der Waals surface area contributed by atoms with Crippen molar-refractivity contribution in [1.82, 2.24) is 35.3 Å². The maximum Gasteiger partial charge on any atom is 0.278 e. The standard InChI is InChI=1S/C17H20N8O/c1-12-16(22-23-24(12)14-6-8-18-9-7-14)17(26)21-13-2-4-15(5-3-13)25-19-10-11-20-25/h2-5,10-11,14,18H,6-9H2,1H3,(H,21,26). The molecule has 0 radical (unpaired) electrons. The largest absolute Gasteiger partial charge is 0.321 e. The molecule has 0 saturated carbocycles. The molecule has 0 unspecified atom stereocenters. The van der Waals surface area contributed by atoms with E-state index in [9.17, 15) is 4.79 Å². The third-order valence-corrected chi connectivity index (χ3v) is 4.57. The molecule has 1 aromatic carbocycles. The number of hydrogen-bond donors (Lipinski definition) is 2. The topological polar surface area (TPSA) is 103 Å². The molecule has 2 aromatic heterocycles. The summed E-state index contributed by atoms with van der Waals surface area (Å²) < 4.78 is 1.88. The van der Waals surface area contributed by atoms with Crippen LogP contribution in [0.2, 0.25) is 0 Å². The summed E-state index contributed by atoms with van der Waals surface area (Å²) >= 11 is 0. The number of anilines is 1. The highest BCUT2D eigenvalue weighted by molar-refractivity contribution is 6.03. The summed E-state index contributed by atoms with van der Waals surface area (Å²) in [7, 11) is 0. The molecule has 134 valence electrons. The number of aromatic nitrogens is 6. The molecular formula is C17H20N8O. The first-order valence-electron chi connectivity index (χ1n) is 8.63. The Labute approximate surface area is 150 Å². The predicted molar refractivity (Wildman–Crippen MR) is 95.2 cm³/mol. The zero-order valence-corrected chi connectivity index (χ0v) is 14.5. The number of carbonyl (C=O) groups is 1. The minimum absolute atomic E-state index is 0.257. The van der Waals surface area contributed by atoms with Crippen LogP contribution in [-0.4, -0.2) is 49.0 Å². The Bertz CT molecular complexity index is 878. The van der Waals surface area contributed by atoms with Gasteiger partial charge in [0.1, 0.15) is 0 Å². The Balaban J connectivity index is 1.47. The first kappa shape index (κ1) is 16.4. The average molecular weight is 352 g/mol. The smallest absolute Gasteiger partial charge is 0.278 e. The van der Waals surface area contributed by atoms with Crippen molar-refractivity contribution in [2.75, 3.05) is 18.4 Å². The van der Waals surface area contributed by atoms with E-state index in [0.29, 0.717) is 17.4 Å². The summed E-state index contributed by atoms with van der Waals surface area (Å²) in [4.78, 5) is 14.1. The SMILES string of the molecule is Cc1c(C(=O)Nc2ccc(-n3nccn3)cc2)nnn1C1CCNCC1. The van der Waals surface area contributed by atoms with Crippen LogP contribution in [0.5, 0.6) is 0 Å². The Morgan fingerprint density at radius 3 is 2.54 bits per heavy atom. The lowest BCUT2D eigenvalue weighted by atomic mass is 10.1. The third kappa shape index (κ3) is 3.21. The first-order chi connectivity index (χ1) is 12.7. The van der Waals surface area contributed by atoms with E-state index in [1.165, 1.54) is 4.80 Å². The lowest BCUT2D eigenvalue weighted by Crippen LogP contribution is -2.30. The Hall–Kier alpha value is -3.07. The summed E-state index contributed by atoms with van der Waals surface area (Å²) in [6.45, 7) is 3.81. The van der Waals surface area contributed by atoms with Gasteiger partial charge in [-0.3, -0.25) is 4.79 Å². The monoisotopic (exact) mass is 352 g/mol. The molecular weight excluding hydrogens is 332 g/mol. The van der Waals surface area contributed by atoms with Gasteiger partial charge in [-0.25, -0.2) is 4.68 Å². The van der Waals surface area contributed by atoms with Gasteiger partial charge < -0.3 is 10.6 Å². The molecule has 0 aliphatic carbocycles. The molecule has 1 saturated heterocycles. The fourth-order valence-corrected chi connectivity index (χ4v) is 3.17. The summed E-state index contributed by atoms with van der Waals surface area (Å²) in [5.41, 5.74) is 2.66. The summed E-state index contributed by atoms with van der Waals surface area (Å²) in [5.74, 6) is -0.257. The Kier molecular flexibility index (Phi) is 4.44. The number of nitrogens with one attached hydrogen (secondary N) is 2. The average Bonchev–Trinajstić information content (AvgIpc) is 3.33. The van der Waals surface area contributed by atoms with Gasteiger partial charge in [0.15, 0.2) is 5.69 Å². The van der Waals surface area contributed by atoms with E-state index in [-0.39, 0.29) is 5.91 Å². The van der Waals surface area contributed by atoms with Gasteiger partial charge in [0.2, 0.25) is 0 Å². The minimum Gasteiger partial charge on any atom is -0.321 e. The quantitative estimate of drug-likeness (QED) is 0.735. The fourth-order valence-electron chi connectivity index (χ4n) is 3.17. The van der Waals surface area contributed by atoms with E-state index in [0.717, 1.165) is 37.3 Å². The van der Waals surface area contributed by atoms with Crippen molar-refractivity contribution in [3.63, 3.8) is 0 Å². The molecule has 1 aliphatic heterocycles. The zero-order chi connectivity index (χ0) is 17.9. The normalized spacial score (nSPS) is 15.1. The van der Waals surface area contributed by atoms with E-state index >= 15 is 0 Å². The first-order valence-corrected chi connectivity index (χ1v) is 8.63. The molecule has 4 rings (SSSR count). The highest BCUT2D eigenvalue weighted by atomic mass is 16.2. The second-order valence-electron chi connectivity index (χ2n) is 6.27.